The quantitative estimate of drug-likeness (QED) is 0.0960. The van der Waals surface area contributed by atoms with Gasteiger partial charge >= 0.3 is 5.97 Å². The number of carboxylic acids is 1. The van der Waals surface area contributed by atoms with Gasteiger partial charge in [-0.15, -0.1) is 0 Å². The molecule has 0 aliphatic carbocycles. The molecule has 1 aromatic rings. The lowest BCUT2D eigenvalue weighted by atomic mass is 9.76. The molecule has 3 saturated heterocycles. The lowest BCUT2D eigenvalue weighted by molar-refractivity contribution is -0.286. The fraction of sp³-hybridized carbons (Fsp3) is 0.650. The van der Waals surface area contributed by atoms with Crippen LogP contribution in [0.25, 0.3) is 0 Å². The van der Waals surface area contributed by atoms with Gasteiger partial charge in [0, 0.05) is 38.2 Å². The monoisotopic (exact) mass is 714 g/mol. The highest BCUT2D eigenvalue weighted by Gasteiger charge is 2.55. The molecule has 3 aliphatic rings. The number of Topliss-reactive ketones (excluding diaryl/α,β-unsaturated/α-hetero) is 1. The van der Waals surface area contributed by atoms with Crippen LogP contribution in [-0.2, 0) is 44.6 Å². The molecule has 11 nitrogen and oxygen atoms in total. The molecule has 3 heterocycles. The zero-order valence-corrected chi connectivity index (χ0v) is 30.7. The second-order valence-electron chi connectivity index (χ2n) is 14.9. The van der Waals surface area contributed by atoms with E-state index in [0.717, 1.165) is 16.7 Å². The van der Waals surface area contributed by atoms with E-state index in [9.17, 15) is 19.8 Å². The van der Waals surface area contributed by atoms with E-state index in [4.69, 9.17) is 33.5 Å². The van der Waals surface area contributed by atoms with E-state index < -0.39 is 41.6 Å². The molecular weight excluding hydrogens is 656 g/mol. The summed E-state index contributed by atoms with van der Waals surface area (Å²) in [5.74, 6) is -2.76. The minimum atomic E-state index is -1.56. The molecule has 0 aromatic heterocycles. The van der Waals surface area contributed by atoms with Gasteiger partial charge < -0.3 is 43.7 Å². The first-order valence-electron chi connectivity index (χ1n) is 18.1. The Balaban J connectivity index is 1.32. The van der Waals surface area contributed by atoms with Crippen molar-refractivity contribution in [2.24, 2.45) is 5.41 Å². The van der Waals surface area contributed by atoms with Crippen LogP contribution in [0.15, 0.2) is 66.8 Å². The summed E-state index contributed by atoms with van der Waals surface area (Å²) in [7, 11) is 1.48. The van der Waals surface area contributed by atoms with Crippen LogP contribution in [0.1, 0.15) is 90.5 Å². The molecule has 284 valence electrons. The fourth-order valence-electron chi connectivity index (χ4n) is 7.38. The van der Waals surface area contributed by atoms with Crippen LogP contribution in [0.2, 0.25) is 0 Å². The van der Waals surface area contributed by atoms with Gasteiger partial charge in [-0.25, -0.2) is 0 Å². The Labute approximate surface area is 302 Å². The number of ether oxygens (including phenoxy) is 6. The number of rotatable bonds is 18. The van der Waals surface area contributed by atoms with Crippen molar-refractivity contribution in [2.75, 3.05) is 13.9 Å². The summed E-state index contributed by atoms with van der Waals surface area (Å²) in [5.41, 5.74) is 2.20. The van der Waals surface area contributed by atoms with E-state index in [2.05, 4.69) is 13.2 Å². The molecule has 0 saturated carbocycles. The second kappa shape index (κ2) is 18.8. The van der Waals surface area contributed by atoms with Crippen LogP contribution >= 0.6 is 0 Å². The average molecular weight is 715 g/mol. The number of methoxy groups -OCH3 is 1. The summed E-state index contributed by atoms with van der Waals surface area (Å²) in [4.78, 5) is 24.5. The number of benzene rings is 1. The Morgan fingerprint density at radius 2 is 1.69 bits per heavy atom. The van der Waals surface area contributed by atoms with Crippen molar-refractivity contribution in [3.8, 4) is 0 Å². The zero-order valence-electron chi connectivity index (χ0n) is 30.7. The molecule has 1 aromatic carbocycles. The summed E-state index contributed by atoms with van der Waals surface area (Å²) >= 11 is 0. The van der Waals surface area contributed by atoms with E-state index >= 15 is 0 Å². The second-order valence-corrected chi connectivity index (χ2v) is 14.9. The third kappa shape index (κ3) is 11.9. The summed E-state index contributed by atoms with van der Waals surface area (Å²) in [5, 5.41) is 30.1. The third-order valence-electron chi connectivity index (χ3n) is 10.1. The van der Waals surface area contributed by atoms with Crippen molar-refractivity contribution < 1.29 is 53.3 Å². The highest BCUT2D eigenvalue weighted by molar-refractivity contribution is 5.87. The van der Waals surface area contributed by atoms with E-state index in [1.807, 2.05) is 56.3 Å². The predicted octanol–water partition coefficient (Wildman–Crippen LogP) is 5.81. The Morgan fingerprint density at radius 1 is 1.02 bits per heavy atom. The fourth-order valence-corrected chi connectivity index (χ4v) is 7.38. The van der Waals surface area contributed by atoms with Gasteiger partial charge in [0.25, 0.3) is 0 Å². The lowest BCUT2D eigenvalue weighted by Gasteiger charge is -2.47. The highest BCUT2D eigenvalue weighted by atomic mass is 16.7. The molecule has 3 N–H and O–H groups in total. The van der Waals surface area contributed by atoms with Crippen molar-refractivity contribution in [3.05, 3.63) is 72.4 Å². The summed E-state index contributed by atoms with van der Waals surface area (Å²) in [6.45, 7) is 14.4. The summed E-state index contributed by atoms with van der Waals surface area (Å²) < 4.78 is 36.5. The number of carbonyl (C=O) groups is 2. The smallest absolute Gasteiger partial charge is 0.305 e. The molecule has 51 heavy (non-hydrogen) atoms. The summed E-state index contributed by atoms with van der Waals surface area (Å²) in [6, 6.07) is 9.78. The standard InChI is InChI=1S/C40H58O11/c1-26-16-31(49-34(18-26)22-35-19-27(2)17-33(50-35)20-30(41)21-38(44)45)14-15-39(4,5)40(46-6)37(43)13-12-32(51-40)23-36(42)28(3)48-25-47-24-29-10-8-7-9-11-29/h7-11,14-15,28,30-36,41-42H,1-2,12-13,16-25H2,3-6H3,(H,44,45)/b15-14+/t28-,30+,31+,32+,33+,34+,35-,36-,40-/m1/s1. The molecule has 0 unspecified atom stereocenters. The largest absolute Gasteiger partial charge is 0.481 e. The maximum absolute atomic E-state index is 13.5. The first kappa shape index (κ1) is 41.0. The van der Waals surface area contributed by atoms with Gasteiger partial charge in [0.1, 0.15) is 6.79 Å². The van der Waals surface area contributed by atoms with Crippen molar-refractivity contribution in [1.29, 1.82) is 0 Å². The van der Waals surface area contributed by atoms with Gasteiger partial charge in [-0.1, -0.05) is 80.6 Å². The molecule has 3 fully saturated rings. The van der Waals surface area contributed by atoms with E-state index in [0.29, 0.717) is 45.1 Å². The van der Waals surface area contributed by atoms with Crippen molar-refractivity contribution in [3.63, 3.8) is 0 Å². The third-order valence-corrected chi connectivity index (χ3v) is 10.1. The van der Waals surface area contributed by atoms with Crippen LogP contribution in [-0.4, -0.2) is 95.6 Å². The molecule has 0 radical (unpaired) electrons. The number of aliphatic carboxylic acids is 1. The number of hydrogen-bond acceptors (Lipinski definition) is 10. The van der Waals surface area contributed by atoms with E-state index in [-0.39, 0.29) is 62.7 Å². The summed E-state index contributed by atoms with van der Waals surface area (Å²) in [6.07, 6.45) is 4.24. The molecule has 9 atom stereocenters. The Bertz CT molecular complexity index is 1340. The lowest BCUT2D eigenvalue weighted by Crippen LogP contribution is -2.59. The van der Waals surface area contributed by atoms with Gasteiger partial charge in [-0.05, 0) is 44.6 Å². The topological polar surface area (TPSA) is 150 Å². The molecule has 3 aliphatic heterocycles. The molecule has 0 bridgehead atoms. The first-order chi connectivity index (χ1) is 24.2. The van der Waals surface area contributed by atoms with Gasteiger partial charge in [0.2, 0.25) is 5.79 Å². The Hall–Kier alpha value is -2.74. The normalized spacial score (nSPS) is 29.6. The van der Waals surface area contributed by atoms with Gasteiger partial charge in [0.05, 0.1) is 61.9 Å². The number of aliphatic hydroxyl groups excluding tert-OH is 2. The Kier molecular flexibility index (Phi) is 15.2. The minimum Gasteiger partial charge on any atom is -0.481 e. The van der Waals surface area contributed by atoms with Crippen molar-refractivity contribution >= 4 is 11.8 Å². The highest BCUT2D eigenvalue weighted by Crippen LogP contribution is 2.44. The van der Waals surface area contributed by atoms with Gasteiger partial charge in [0.15, 0.2) is 5.78 Å². The first-order valence-corrected chi connectivity index (χ1v) is 18.1. The number of hydrogen-bond donors (Lipinski definition) is 3. The maximum Gasteiger partial charge on any atom is 0.305 e. The molecule has 0 amide bonds. The number of carbonyl (C=O) groups excluding carboxylic acids is 1. The SMILES string of the molecule is C=C1C[C@H](C[C@@H]2CC(=C)C[C@H](/C=C/C(C)(C)[C@]3(OC)O[C@H](C[C@@H](O)[C@@H](C)OCOCc4ccccc4)CCC3=O)O2)O[C@H](C[C@H](O)CC(=O)O)C1. The van der Waals surface area contributed by atoms with Crippen LogP contribution in [0.5, 0.6) is 0 Å². The van der Waals surface area contributed by atoms with E-state index in [1.54, 1.807) is 6.92 Å². The maximum atomic E-state index is 13.5. The number of ketones is 1. The van der Waals surface area contributed by atoms with Crippen LogP contribution in [0, 0.1) is 5.41 Å². The van der Waals surface area contributed by atoms with Gasteiger partial charge in [-0.2, -0.15) is 0 Å². The zero-order chi connectivity index (χ0) is 37.2. The van der Waals surface area contributed by atoms with Crippen LogP contribution in [0.4, 0.5) is 0 Å². The Morgan fingerprint density at radius 3 is 2.37 bits per heavy atom. The number of aliphatic hydroxyl groups is 2. The molecule has 4 rings (SSSR count). The van der Waals surface area contributed by atoms with Gasteiger partial charge in [-0.3, -0.25) is 9.59 Å². The van der Waals surface area contributed by atoms with Crippen LogP contribution in [0.3, 0.4) is 0 Å². The number of carboxylic acid groups (broad SMARTS) is 1. The molecule has 11 heteroatoms. The van der Waals surface area contributed by atoms with E-state index in [1.165, 1.54) is 7.11 Å². The molecule has 0 spiro atoms. The minimum absolute atomic E-state index is 0.0374. The van der Waals surface area contributed by atoms with Crippen LogP contribution < -0.4 is 0 Å². The molecular formula is C40H58O11. The van der Waals surface area contributed by atoms with Crippen molar-refractivity contribution in [2.45, 2.75) is 146 Å². The van der Waals surface area contributed by atoms with Crippen molar-refractivity contribution in [1.82, 2.24) is 0 Å². The average Bonchev–Trinajstić information content (AvgIpc) is 3.06. The predicted molar refractivity (Wildman–Crippen MR) is 191 cm³/mol.